The molecular formula is C13H19NO. The average molecular weight is 205 g/mol. The second-order valence-corrected chi connectivity index (χ2v) is 3.65. The van der Waals surface area contributed by atoms with Crippen LogP contribution in [0.5, 0.6) is 5.75 Å². The molecule has 2 nitrogen and oxygen atoms in total. The number of ether oxygens (including phenoxy) is 1. The Hall–Kier alpha value is -1.28. The lowest BCUT2D eigenvalue weighted by Gasteiger charge is -2.25. The molecule has 0 N–H and O–H groups in total. The van der Waals surface area contributed by atoms with Crippen LogP contribution in [0.4, 0.5) is 0 Å². The molecule has 82 valence electrons. The molecule has 0 saturated heterocycles. The van der Waals surface area contributed by atoms with Gasteiger partial charge in [-0.1, -0.05) is 24.3 Å². The largest absolute Gasteiger partial charge is 0.496 e. The van der Waals surface area contributed by atoms with Gasteiger partial charge in [0.1, 0.15) is 5.75 Å². The first-order chi connectivity index (χ1) is 7.20. The second kappa shape index (κ2) is 5.56. The summed E-state index contributed by atoms with van der Waals surface area (Å²) in [5.41, 5.74) is 1.21. The lowest BCUT2D eigenvalue weighted by Crippen LogP contribution is -2.22. The van der Waals surface area contributed by atoms with Crippen LogP contribution in [0.3, 0.4) is 0 Å². The first kappa shape index (κ1) is 11.8. The van der Waals surface area contributed by atoms with Crippen molar-refractivity contribution in [2.75, 3.05) is 20.7 Å². The number of hydrogen-bond donors (Lipinski definition) is 0. The summed E-state index contributed by atoms with van der Waals surface area (Å²) in [4.78, 5) is 2.23. The maximum Gasteiger partial charge on any atom is 0.123 e. The van der Waals surface area contributed by atoms with Crippen molar-refractivity contribution in [2.45, 2.75) is 13.0 Å². The van der Waals surface area contributed by atoms with Crippen LogP contribution in [-0.2, 0) is 0 Å². The summed E-state index contributed by atoms with van der Waals surface area (Å²) in [6, 6.07) is 8.45. The number of para-hydroxylation sites is 1. The predicted molar refractivity (Wildman–Crippen MR) is 64.2 cm³/mol. The maximum absolute atomic E-state index is 5.34. The minimum Gasteiger partial charge on any atom is -0.496 e. The van der Waals surface area contributed by atoms with Crippen molar-refractivity contribution >= 4 is 0 Å². The summed E-state index contributed by atoms with van der Waals surface area (Å²) in [5, 5.41) is 0. The molecule has 0 radical (unpaired) electrons. The highest BCUT2D eigenvalue weighted by atomic mass is 16.5. The van der Waals surface area contributed by atoms with Gasteiger partial charge >= 0.3 is 0 Å². The molecule has 1 atom stereocenters. The Labute approximate surface area is 92.2 Å². The standard InChI is InChI=1S/C13H19NO/c1-5-10-14(3)11(2)12-8-6-7-9-13(12)15-4/h5-9,11H,1,10H2,2-4H3. The highest BCUT2D eigenvalue weighted by Gasteiger charge is 2.13. The minimum atomic E-state index is 0.333. The van der Waals surface area contributed by atoms with Gasteiger partial charge in [0.2, 0.25) is 0 Å². The molecule has 15 heavy (non-hydrogen) atoms. The van der Waals surface area contributed by atoms with Crippen LogP contribution in [-0.4, -0.2) is 25.6 Å². The first-order valence-corrected chi connectivity index (χ1v) is 5.14. The van der Waals surface area contributed by atoms with E-state index in [0.29, 0.717) is 6.04 Å². The van der Waals surface area contributed by atoms with Crippen molar-refractivity contribution in [2.24, 2.45) is 0 Å². The van der Waals surface area contributed by atoms with Gasteiger partial charge in [0, 0.05) is 18.2 Å². The van der Waals surface area contributed by atoms with E-state index in [1.807, 2.05) is 24.3 Å². The molecule has 0 aromatic heterocycles. The first-order valence-electron chi connectivity index (χ1n) is 5.14. The Bertz CT molecular complexity index is 322. The fourth-order valence-corrected chi connectivity index (χ4v) is 1.61. The molecular weight excluding hydrogens is 186 g/mol. The van der Waals surface area contributed by atoms with E-state index >= 15 is 0 Å². The van der Waals surface area contributed by atoms with Crippen LogP contribution in [0.1, 0.15) is 18.5 Å². The number of rotatable bonds is 5. The van der Waals surface area contributed by atoms with Gasteiger partial charge in [0.25, 0.3) is 0 Å². The van der Waals surface area contributed by atoms with E-state index in [2.05, 4.69) is 31.5 Å². The molecule has 0 aliphatic heterocycles. The van der Waals surface area contributed by atoms with E-state index in [4.69, 9.17) is 4.74 Å². The molecule has 1 aromatic carbocycles. The molecule has 1 unspecified atom stereocenters. The molecule has 0 heterocycles. The van der Waals surface area contributed by atoms with Crippen molar-refractivity contribution < 1.29 is 4.74 Å². The minimum absolute atomic E-state index is 0.333. The van der Waals surface area contributed by atoms with Crippen LogP contribution >= 0.6 is 0 Å². The predicted octanol–water partition coefficient (Wildman–Crippen LogP) is 2.87. The molecule has 0 amide bonds. The van der Waals surface area contributed by atoms with Gasteiger partial charge in [-0.25, -0.2) is 0 Å². The zero-order valence-electron chi connectivity index (χ0n) is 9.73. The summed E-state index contributed by atoms with van der Waals surface area (Å²) in [7, 11) is 3.79. The summed E-state index contributed by atoms with van der Waals surface area (Å²) in [6.45, 7) is 6.79. The van der Waals surface area contributed by atoms with E-state index in [-0.39, 0.29) is 0 Å². The Balaban J connectivity index is 2.89. The van der Waals surface area contributed by atoms with E-state index < -0.39 is 0 Å². The van der Waals surface area contributed by atoms with Gasteiger partial charge in [-0.3, -0.25) is 4.90 Å². The highest BCUT2D eigenvalue weighted by Crippen LogP contribution is 2.27. The van der Waals surface area contributed by atoms with Crippen LogP contribution in [0.25, 0.3) is 0 Å². The normalized spacial score (nSPS) is 12.5. The fraction of sp³-hybridized carbons (Fsp3) is 0.385. The molecule has 0 aliphatic carbocycles. The molecule has 0 aliphatic rings. The van der Waals surface area contributed by atoms with Crippen molar-refractivity contribution in [1.82, 2.24) is 4.90 Å². The van der Waals surface area contributed by atoms with Gasteiger partial charge in [-0.2, -0.15) is 0 Å². The molecule has 2 heteroatoms. The van der Waals surface area contributed by atoms with Gasteiger partial charge < -0.3 is 4.74 Å². The molecule has 1 rings (SSSR count). The topological polar surface area (TPSA) is 12.5 Å². The van der Waals surface area contributed by atoms with Crippen molar-refractivity contribution in [3.63, 3.8) is 0 Å². The van der Waals surface area contributed by atoms with Crippen molar-refractivity contribution in [3.8, 4) is 5.75 Å². The third-order valence-corrected chi connectivity index (χ3v) is 2.67. The zero-order chi connectivity index (χ0) is 11.3. The van der Waals surface area contributed by atoms with Crippen LogP contribution < -0.4 is 4.74 Å². The monoisotopic (exact) mass is 205 g/mol. The third kappa shape index (κ3) is 2.83. The Kier molecular flexibility index (Phi) is 4.37. The number of nitrogens with zero attached hydrogens (tertiary/aromatic N) is 1. The third-order valence-electron chi connectivity index (χ3n) is 2.67. The molecule has 0 bridgehead atoms. The van der Waals surface area contributed by atoms with E-state index in [1.54, 1.807) is 7.11 Å². The highest BCUT2D eigenvalue weighted by molar-refractivity contribution is 5.35. The van der Waals surface area contributed by atoms with Gasteiger partial charge in [0.05, 0.1) is 7.11 Å². The molecule has 1 aromatic rings. The van der Waals surface area contributed by atoms with Crippen molar-refractivity contribution in [1.29, 1.82) is 0 Å². The lowest BCUT2D eigenvalue weighted by molar-refractivity contribution is 0.281. The Morgan fingerprint density at radius 2 is 2.13 bits per heavy atom. The SMILES string of the molecule is C=CCN(C)C(C)c1ccccc1OC. The van der Waals surface area contributed by atoms with Crippen LogP contribution in [0.15, 0.2) is 36.9 Å². The van der Waals surface area contributed by atoms with Crippen molar-refractivity contribution in [3.05, 3.63) is 42.5 Å². The van der Waals surface area contributed by atoms with E-state index in [0.717, 1.165) is 12.3 Å². The van der Waals surface area contributed by atoms with Crippen LogP contribution in [0.2, 0.25) is 0 Å². The molecule has 0 fully saturated rings. The van der Waals surface area contributed by atoms with Gasteiger partial charge in [0.15, 0.2) is 0 Å². The number of likely N-dealkylation sites (N-methyl/N-ethyl adjacent to an activating group) is 1. The number of benzene rings is 1. The van der Waals surface area contributed by atoms with Gasteiger partial charge in [-0.15, -0.1) is 6.58 Å². The Morgan fingerprint density at radius 1 is 1.47 bits per heavy atom. The summed E-state index contributed by atoms with van der Waals surface area (Å²) >= 11 is 0. The van der Waals surface area contributed by atoms with Gasteiger partial charge in [-0.05, 0) is 20.0 Å². The summed E-state index contributed by atoms with van der Waals surface area (Å²) < 4.78 is 5.34. The maximum atomic E-state index is 5.34. The fourth-order valence-electron chi connectivity index (χ4n) is 1.61. The average Bonchev–Trinajstić information content (AvgIpc) is 2.28. The van der Waals surface area contributed by atoms with E-state index in [1.165, 1.54) is 5.56 Å². The smallest absolute Gasteiger partial charge is 0.123 e. The quantitative estimate of drug-likeness (QED) is 0.685. The lowest BCUT2D eigenvalue weighted by atomic mass is 10.1. The second-order valence-electron chi connectivity index (χ2n) is 3.65. The molecule has 0 saturated carbocycles. The zero-order valence-corrected chi connectivity index (χ0v) is 9.73. The number of hydrogen-bond acceptors (Lipinski definition) is 2. The van der Waals surface area contributed by atoms with E-state index in [9.17, 15) is 0 Å². The number of methoxy groups -OCH3 is 1. The Morgan fingerprint density at radius 3 is 2.73 bits per heavy atom. The summed E-state index contributed by atoms with van der Waals surface area (Å²) in [6.07, 6.45) is 1.91. The van der Waals surface area contributed by atoms with Crippen LogP contribution in [0, 0.1) is 0 Å². The summed E-state index contributed by atoms with van der Waals surface area (Å²) in [5.74, 6) is 0.945. The molecule has 0 spiro atoms.